The van der Waals surface area contributed by atoms with Crippen molar-refractivity contribution in [2.45, 2.75) is 26.4 Å². The largest absolute Gasteiger partial charge is 0.334 e. The summed E-state index contributed by atoms with van der Waals surface area (Å²) in [5, 5.41) is 0.704. The number of rotatable bonds is 3. The number of nitrogens with zero attached hydrogens (tertiary/aromatic N) is 2. The van der Waals surface area contributed by atoms with E-state index >= 15 is 0 Å². The molecule has 90 valence electrons. The van der Waals surface area contributed by atoms with Crippen LogP contribution in [0.3, 0.4) is 0 Å². The van der Waals surface area contributed by atoms with Gasteiger partial charge in [0, 0.05) is 24.0 Å². The number of imidazole rings is 1. The van der Waals surface area contributed by atoms with E-state index in [1.165, 1.54) is 0 Å². The van der Waals surface area contributed by atoms with E-state index in [9.17, 15) is 0 Å². The van der Waals surface area contributed by atoms with Crippen LogP contribution < -0.4 is 5.73 Å². The molecule has 0 fully saturated rings. The van der Waals surface area contributed by atoms with Crippen molar-refractivity contribution in [3.8, 4) is 0 Å². The van der Waals surface area contributed by atoms with Gasteiger partial charge >= 0.3 is 0 Å². The van der Waals surface area contributed by atoms with Crippen LogP contribution in [0.25, 0.3) is 0 Å². The molecular formula is C13H16ClN3. The summed E-state index contributed by atoms with van der Waals surface area (Å²) in [6.07, 6.45) is 3.72. The van der Waals surface area contributed by atoms with Gasteiger partial charge in [-0.1, -0.05) is 17.7 Å². The fraction of sp³-hybridized carbons (Fsp3) is 0.308. The van der Waals surface area contributed by atoms with Crippen molar-refractivity contribution in [1.29, 1.82) is 0 Å². The van der Waals surface area contributed by atoms with Crippen molar-refractivity contribution < 1.29 is 0 Å². The maximum atomic E-state index is 6.26. The van der Waals surface area contributed by atoms with Gasteiger partial charge in [0.25, 0.3) is 0 Å². The number of hydrogen-bond acceptors (Lipinski definition) is 2. The standard InChI is InChI=1S/C13H16ClN3/c1-3-17-7-6-16-13(17)12(15)11-8-10(14)5-4-9(11)2/h4-8,12H,3,15H2,1-2H3. The van der Waals surface area contributed by atoms with Crippen LogP contribution in [0.15, 0.2) is 30.6 Å². The smallest absolute Gasteiger partial charge is 0.130 e. The molecule has 0 aliphatic carbocycles. The number of halogens is 1. The molecule has 0 aliphatic heterocycles. The average molecular weight is 250 g/mol. The van der Waals surface area contributed by atoms with E-state index in [4.69, 9.17) is 17.3 Å². The minimum absolute atomic E-state index is 0.233. The molecule has 0 aliphatic rings. The molecular weight excluding hydrogens is 234 g/mol. The van der Waals surface area contributed by atoms with Crippen LogP contribution in [0.2, 0.25) is 5.02 Å². The van der Waals surface area contributed by atoms with Gasteiger partial charge in [0.1, 0.15) is 5.82 Å². The molecule has 0 saturated carbocycles. The highest BCUT2D eigenvalue weighted by Crippen LogP contribution is 2.24. The molecule has 1 aromatic carbocycles. The second-order valence-corrected chi connectivity index (χ2v) is 4.49. The zero-order valence-electron chi connectivity index (χ0n) is 10.0. The Morgan fingerprint density at radius 2 is 2.24 bits per heavy atom. The van der Waals surface area contributed by atoms with Crippen LogP contribution in [-0.2, 0) is 6.54 Å². The third kappa shape index (κ3) is 2.35. The van der Waals surface area contributed by atoms with Gasteiger partial charge in [0.2, 0.25) is 0 Å². The van der Waals surface area contributed by atoms with Crippen LogP contribution in [0.4, 0.5) is 0 Å². The SMILES string of the molecule is CCn1ccnc1C(N)c1cc(Cl)ccc1C. The molecule has 0 amide bonds. The van der Waals surface area contributed by atoms with Crippen LogP contribution in [0.1, 0.15) is 29.9 Å². The lowest BCUT2D eigenvalue weighted by Crippen LogP contribution is -2.18. The second-order valence-electron chi connectivity index (χ2n) is 4.05. The Balaban J connectivity index is 2.43. The number of hydrogen-bond donors (Lipinski definition) is 1. The summed E-state index contributed by atoms with van der Waals surface area (Å²) in [6.45, 7) is 4.97. The van der Waals surface area contributed by atoms with Gasteiger partial charge < -0.3 is 10.3 Å². The minimum atomic E-state index is -0.233. The summed E-state index contributed by atoms with van der Waals surface area (Å²) in [5.41, 5.74) is 8.42. The van der Waals surface area contributed by atoms with Gasteiger partial charge in [0.05, 0.1) is 6.04 Å². The normalized spacial score (nSPS) is 12.7. The summed E-state index contributed by atoms with van der Waals surface area (Å²) < 4.78 is 2.05. The Labute approximate surface area is 106 Å². The Bertz CT molecular complexity index is 519. The first-order valence-electron chi connectivity index (χ1n) is 5.66. The van der Waals surface area contributed by atoms with Gasteiger partial charge in [-0.2, -0.15) is 0 Å². The van der Waals surface area contributed by atoms with Gasteiger partial charge in [-0.05, 0) is 37.1 Å². The van der Waals surface area contributed by atoms with Crippen LogP contribution >= 0.6 is 11.6 Å². The van der Waals surface area contributed by atoms with E-state index in [1.54, 1.807) is 6.20 Å². The summed E-state index contributed by atoms with van der Waals surface area (Å²) in [5.74, 6) is 0.873. The van der Waals surface area contributed by atoms with Gasteiger partial charge in [-0.15, -0.1) is 0 Å². The van der Waals surface area contributed by atoms with Crippen molar-refractivity contribution in [1.82, 2.24) is 9.55 Å². The van der Waals surface area contributed by atoms with E-state index < -0.39 is 0 Å². The topological polar surface area (TPSA) is 43.8 Å². The van der Waals surface area contributed by atoms with Crippen molar-refractivity contribution in [2.24, 2.45) is 5.73 Å². The maximum absolute atomic E-state index is 6.26. The zero-order valence-corrected chi connectivity index (χ0v) is 10.8. The van der Waals surface area contributed by atoms with Crippen LogP contribution in [-0.4, -0.2) is 9.55 Å². The first-order valence-corrected chi connectivity index (χ1v) is 6.04. The Hall–Kier alpha value is -1.32. The first kappa shape index (κ1) is 12.1. The fourth-order valence-corrected chi connectivity index (χ4v) is 2.13. The average Bonchev–Trinajstić information content (AvgIpc) is 2.79. The predicted octanol–water partition coefficient (Wildman–Crippen LogP) is 2.91. The molecule has 1 aromatic heterocycles. The lowest BCUT2D eigenvalue weighted by Gasteiger charge is -2.16. The van der Waals surface area contributed by atoms with Crippen LogP contribution in [0, 0.1) is 6.92 Å². The van der Waals surface area contributed by atoms with E-state index in [0.717, 1.165) is 23.5 Å². The predicted molar refractivity (Wildman–Crippen MR) is 70.1 cm³/mol. The van der Waals surface area contributed by atoms with Crippen LogP contribution in [0.5, 0.6) is 0 Å². The number of benzene rings is 1. The van der Waals surface area contributed by atoms with Crippen molar-refractivity contribution in [3.63, 3.8) is 0 Å². The van der Waals surface area contributed by atoms with Gasteiger partial charge in [-0.3, -0.25) is 0 Å². The number of aryl methyl sites for hydroxylation is 2. The molecule has 1 atom stereocenters. The molecule has 0 saturated heterocycles. The maximum Gasteiger partial charge on any atom is 0.130 e. The summed E-state index contributed by atoms with van der Waals surface area (Å²) >= 11 is 6.01. The Morgan fingerprint density at radius 3 is 2.94 bits per heavy atom. The number of aromatic nitrogens is 2. The molecule has 3 nitrogen and oxygen atoms in total. The second kappa shape index (κ2) is 4.90. The monoisotopic (exact) mass is 249 g/mol. The zero-order chi connectivity index (χ0) is 12.4. The highest BCUT2D eigenvalue weighted by Gasteiger charge is 2.16. The quantitative estimate of drug-likeness (QED) is 0.909. The fourth-order valence-electron chi connectivity index (χ4n) is 1.95. The number of nitrogens with two attached hydrogens (primary N) is 1. The molecule has 0 radical (unpaired) electrons. The highest BCUT2D eigenvalue weighted by molar-refractivity contribution is 6.30. The van der Waals surface area contributed by atoms with Crippen molar-refractivity contribution >= 4 is 11.6 Å². The van der Waals surface area contributed by atoms with Gasteiger partial charge in [-0.25, -0.2) is 4.98 Å². The highest BCUT2D eigenvalue weighted by atomic mass is 35.5. The molecule has 1 heterocycles. The molecule has 1 unspecified atom stereocenters. The third-order valence-electron chi connectivity index (χ3n) is 2.94. The van der Waals surface area contributed by atoms with E-state index in [-0.39, 0.29) is 6.04 Å². The van der Waals surface area contributed by atoms with Crippen molar-refractivity contribution in [2.75, 3.05) is 0 Å². The Morgan fingerprint density at radius 1 is 1.47 bits per heavy atom. The minimum Gasteiger partial charge on any atom is -0.334 e. The van der Waals surface area contributed by atoms with E-state index in [2.05, 4.69) is 11.9 Å². The molecule has 0 bridgehead atoms. The lowest BCUT2D eigenvalue weighted by atomic mass is 10.0. The summed E-state index contributed by atoms with van der Waals surface area (Å²) in [6, 6.07) is 5.54. The molecule has 17 heavy (non-hydrogen) atoms. The van der Waals surface area contributed by atoms with E-state index in [0.29, 0.717) is 5.02 Å². The molecule has 2 aromatic rings. The summed E-state index contributed by atoms with van der Waals surface area (Å²) in [7, 11) is 0. The molecule has 4 heteroatoms. The lowest BCUT2D eigenvalue weighted by molar-refractivity contribution is 0.655. The first-order chi connectivity index (χ1) is 8.13. The van der Waals surface area contributed by atoms with Crippen molar-refractivity contribution in [3.05, 3.63) is 52.6 Å². The summed E-state index contributed by atoms with van der Waals surface area (Å²) in [4.78, 5) is 4.33. The third-order valence-corrected chi connectivity index (χ3v) is 3.18. The Kier molecular flexibility index (Phi) is 3.50. The molecule has 2 rings (SSSR count). The molecule has 0 spiro atoms. The van der Waals surface area contributed by atoms with E-state index in [1.807, 2.05) is 35.9 Å². The van der Waals surface area contributed by atoms with Gasteiger partial charge in [0.15, 0.2) is 0 Å². The molecule has 2 N–H and O–H groups in total.